The Morgan fingerprint density at radius 3 is 3.07 bits per heavy atom. The van der Waals surface area contributed by atoms with Crippen LogP contribution < -0.4 is 5.32 Å². The van der Waals surface area contributed by atoms with Crippen LogP contribution in [0.2, 0.25) is 0 Å². The Labute approximate surface area is 93.3 Å². The average molecular weight is 217 g/mol. The van der Waals surface area contributed by atoms with E-state index in [0.29, 0.717) is 5.92 Å². The summed E-state index contributed by atoms with van der Waals surface area (Å²) in [5.74, 6) is 0.670. The van der Waals surface area contributed by atoms with Gasteiger partial charge in [-0.05, 0) is 44.1 Å². The summed E-state index contributed by atoms with van der Waals surface area (Å²) in [6.07, 6.45) is 2.45. The largest absolute Gasteiger partial charge is 0.317 e. The van der Waals surface area contributed by atoms with Crippen LogP contribution in [0.15, 0.2) is 18.2 Å². The van der Waals surface area contributed by atoms with Crippen LogP contribution in [0.5, 0.6) is 0 Å². The highest BCUT2D eigenvalue weighted by Crippen LogP contribution is 2.31. The van der Waals surface area contributed by atoms with E-state index < -0.39 is 0 Å². The van der Waals surface area contributed by atoms with Gasteiger partial charge in [-0.1, -0.05) is 6.07 Å². The molecule has 3 heteroatoms. The highest BCUT2D eigenvalue weighted by molar-refractivity contribution is 7.18. The quantitative estimate of drug-likeness (QED) is 0.794. The summed E-state index contributed by atoms with van der Waals surface area (Å²) in [5, 5.41) is 4.70. The van der Waals surface area contributed by atoms with E-state index in [-0.39, 0.29) is 0 Å². The Morgan fingerprint density at radius 2 is 2.27 bits per heavy atom. The molecule has 0 spiro atoms. The fourth-order valence-electron chi connectivity index (χ4n) is 2.08. The van der Waals surface area contributed by atoms with E-state index in [1.807, 2.05) is 23.5 Å². The van der Waals surface area contributed by atoms with E-state index in [1.165, 1.54) is 22.5 Å². The fraction of sp³-hybridized carbons (Fsp3) is 0.417. The lowest BCUT2D eigenvalue weighted by molar-refractivity contribution is 0.459. The van der Waals surface area contributed by atoms with Crippen molar-refractivity contribution < 1.29 is 0 Å². The molecule has 1 fully saturated rings. The molecule has 1 aromatic carbocycles. The molecule has 0 atom stereocenters. The zero-order valence-corrected chi connectivity index (χ0v) is 9.31. The summed E-state index contributed by atoms with van der Waals surface area (Å²) in [6.45, 7) is 2.26. The minimum Gasteiger partial charge on any atom is -0.317 e. The van der Waals surface area contributed by atoms with Gasteiger partial charge in [0.2, 0.25) is 0 Å². The van der Waals surface area contributed by atoms with E-state index in [2.05, 4.69) is 17.4 Å². The number of nitrogens with zero attached hydrogens (tertiary/aromatic N) is 1. The number of benzene rings is 1. The molecule has 1 aliphatic heterocycles. The lowest BCUT2D eigenvalue weighted by Crippen LogP contribution is -2.26. The van der Waals surface area contributed by atoms with Gasteiger partial charge in [0.05, 0.1) is 15.2 Å². The van der Waals surface area contributed by atoms with Crippen molar-refractivity contribution in [2.75, 3.05) is 13.1 Å². The first-order valence-corrected chi connectivity index (χ1v) is 6.22. The average Bonchev–Trinajstić information content (AvgIpc) is 2.74. The van der Waals surface area contributed by atoms with Crippen molar-refractivity contribution in [2.45, 2.75) is 18.8 Å². The summed E-state index contributed by atoms with van der Waals surface area (Å²) in [7, 11) is 0. The Kier molecular flexibility index (Phi) is 2.43. The number of nitrogens with one attached hydrogen (secondary N) is 1. The van der Waals surface area contributed by atoms with Gasteiger partial charge in [-0.15, -0.1) is 11.3 Å². The van der Waals surface area contributed by atoms with Crippen molar-refractivity contribution >= 4 is 21.6 Å². The van der Waals surface area contributed by atoms with Crippen molar-refractivity contribution in [3.8, 4) is 0 Å². The minimum atomic E-state index is 0.670. The fourth-order valence-corrected chi connectivity index (χ4v) is 3.20. The van der Waals surface area contributed by atoms with Crippen molar-refractivity contribution in [1.29, 1.82) is 0 Å². The van der Waals surface area contributed by atoms with Crippen LogP contribution in [0, 0.1) is 6.07 Å². The Balaban J connectivity index is 1.96. The Bertz CT molecular complexity index is 424. The molecule has 0 saturated carbocycles. The molecule has 0 amide bonds. The maximum Gasteiger partial charge on any atom is 0.0970 e. The molecule has 0 aliphatic carbocycles. The maximum atomic E-state index is 4.71. The highest BCUT2D eigenvalue weighted by Gasteiger charge is 2.18. The summed E-state index contributed by atoms with van der Waals surface area (Å²) >= 11 is 1.83. The van der Waals surface area contributed by atoms with Crippen LogP contribution in [-0.2, 0) is 0 Å². The minimum absolute atomic E-state index is 0.670. The van der Waals surface area contributed by atoms with Crippen LogP contribution in [0.3, 0.4) is 0 Å². The summed E-state index contributed by atoms with van der Waals surface area (Å²) < 4.78 is 1.27. The Hall–Kier alpha value is -0.930. The molecule has 1 saturated heterocycles. The van der Waals surface area contributed by atoms with Crippen LogP contribution in [0.4, 0.5) is 0 Å². The van der Waals surface area contributed by atoms with Crippen LogP contribution in [0.25, 0.3) is 10.2 Å². The smallest absolute Gasteiger partial charge is 0.0970 e. The first-order valence-electron chi connectivity index (χ1n) is 5.41. The number of aromatic nitrogens is 1. The number of hydrogen-bond acceptors (Lipinski definition) is 3. The topological polar surface area (TPSA) is 24.9 Å². The molecule has 2 heterocycles. The second-order valence-electron chi connectivity index (χ2n) is 3.97. The number of piperidine rings is 1. The van der Waals surface area contributed by atoms with E-state index in [0.717, 1.165) is 18.6 Å². The summed E-state index contributed by atoms with van der Waals surface area (Å²) in [5.41, 5.74) is 1.13. The molecule has 77 valence electrons. The SMILES string of the molecule is [c]1ccc2nc(C3CCNCC3)sc2c1. The Morgan fingerprint density at radius 1 is 1.40 bits per heavy atom. The van der Waals surface area contributed by atoms with E-state index >= 15 is 0 Å². The lowest BCUT2D eigenvalue weighted by atomic mass is 9.99. The second kappa shape index (κ2) is 3.91. The van der Waals surface area contributed by atoms with Gasteiger partial charge in [0, 0.05) is 5.92 Å². The normalized spacial score (nSPS) is 18.4. The van der Waals surface area contributed by atoms with Gasteiger partial charge >= 0.3 is 0 Å². The summed E-state index contributed by atoms with van der Waals surface area (Å²) in [6, 6.07) is 9.14. The summed E-state index contributed by atoms with van der Waals surface area (Å²) in [4.78, 5) is 4.71. The molecule has 1 aromatic heterocycles. The molecule has 3 rings (SSSR count). The first-order chi connectivity index (χ1) is 7.43. The third-order valence-electron chi connectivity index (χ3n) is 2.94. The zero-order chi connectivity index (χ0) is 10.1. The molecule has 2 nitrogen and oxygen atoms in total. The predicted octanol–water partition coefficient (Wildman–Crippen LogP) is 2.56. The van der Waals surface area contributed by atoms with Crippen molar-refractivity contribution in [3.63, 3.8) is 0 Å². The van der Waals surface area contributed by atoms with Gasteiger partial charge in [0.1, 0.15) is 0 Å². The molecule has 1 N–H and O–H groups in total. The number of thiazole rings is 1. The van der Waals surface area contributed by atoms with Gasteiger partial charge < -0.3 is 5.32 Å². The van der Waals surface area contributed by atoms with E-state index in [4.69, 9.17) is 4.98 Å². The number of hydrogen-bond donors (Lipinski definition) is 1. The molecule has 1 aliphatic rings. The van der Waals surface area contributed by atoms with Gasteiger partial charge in [0.15, 0.2) is 0 Å². The molecule has 0 bridgehead atoms. The van der Waals surface area contributed by atoms with Gasteiger partial charge in [-0.2, -0.15) is 0 Å². The number of fused-ring (bicyclic) bond motifs is 1. The maximum absolute atomic E-state index is 4.71. The van der Waals surface area contributed by atoms with Crippen LogP contribution in [0.1, 0.15) is 23.8 Å². The molecular formula is C12H13N2S. The molecule has 15 heavy (non-hydrogen) atoms. The van der Waals surface area contributed by atoms with Gasteiger partial charge in [-0.3, -0.25) is 0 Å². The highest BCUT2D eigenvalue weighted by atomic mass is 32.1. The lowest BCUT2D eigenvalue weighted by Gasteiger charge is -2.20. The molecule has 0 unspecified atom stereocenters. The van der Waals surface area contributed by atoms with Crippen LogP contribution >= 0.6 is 11.3 Å². The van der Waals surface area contributed by atoms with Crippen molar-refractivity contribution in [2.24, 2.45) is 0 Å². The van der Waals surface area contributed by atoms with E-state index in [1.54, 1.807) is 0 Å². The molecule has 2 aromatic rings. The molecule has 1 radical (unpaired) electrons. The zero-order valence-electron chi connectivity index (χ0n) is 8.49. The second-order valence-corrected chi connectivity index (χ2v) is 5.03. The third-order valence-corrected chi connectivity index (χ3v) is 4.12. The standard InChI is InChI=1S/C12H13N2S/c1-2-4-11-10(3-1)14-12(15-11)9-5-7-13-8-6-9/h1,3-4,9,13H,5-8H2. The van der Waals surface area contributed by atoms with Crippen molar-refractivity contribution in [3.05, 3.63) is 29.3 Å². The molecular weight excluding hydrogens is 204 g/mol. The van der Waals surface area contributed by atoms with Crippen LogP contribution in [-0.4, -0.2) is 18.1 Å². The third kappa shape index (κ3) is 1.77. The van der Waals surface area contributed by atoms with E-state index in [9.17, 15) is 0 Å². The number of rotatable bonds is 1. The van der Waals surface area contributed by atoms with Gasteiger partial charge in [0.25, 0.3) is 0 Å². The monoisotopic (exact) mass is 217 g/mol. The first kappa shape index (κ1) is 9.31. The van der Waals surface area contributed by atoms with Gasteiger partial charge in [-0.25, -0.2) is 4.98 Å². The predicted molar refractivity (Wildman–Crippen MR) is 63.3 cm³/mol. The van der Waals surface area contributed by atoms with Crippen molar-refractivity contribution in [1.82, 2.24) is 10.3 Å².